The SMILES string of the molecule is COc1cccn(-c2ccc(CN3C(=O)[C@@]4(O[C@@H](CC(=O)N5Cc6ccccc6C[C@H]5CO)[C@H]([Si](C)(C)O)[C@H]4C)c4cc(Br)ccc43)cc2)c1=O. The van der Waals surface area contributed by atoms with Gasteiger partial charge < -0.3 is 29.2 Å². The Balaban J connectivity index is 1.20. The molecule has 4 aromatic rings. The van der Waals surface area contributed by atoms with E-state index in [1.165, 1.54) is 11.7 Å². The molecule has 0 saturated carbocycles. The van der Waals surface area contributed by atoms with Crippen LogP contribution in [0.4, 0.5) is 5.69 Å². The van der Waals surface area contributed by atoms with E-state index >= 15 is 0 Å². The van der Waals surface area contributed by atoms with Crippen LogP contribution in [-0.2, 0) is 39.4 Å². The summed E-state index contributed by atoms with van der Waals surface area (Å²) >= 11 is 3.61. The molecule has 1 saturated heterocycles. The Hall–Kier alpha value is -4.07. The Labute approximate surface area is 306 Å². The summed E-state index contributed by atoms with van der Waals surface area (Å²) in [6, 6.07) is 24.1. The van der Waals surface area contributed by atoms with Crippen molar-refractivity contribution >= 4 is 41.7 Å². The maximum Gasteiger partial charge on any atom is 0.297 e. The summed E-state index contributed by atoms with van der Waals surface area (Å²) in [5, 5.41) is 10.3. The number of halogens is 1. The van der Waals surface area contributed by atoms with Gasteiger partial charge in [-0.05, 0) is 78.7 Å². The molecule has 0 bridgehead atoms. The number of carbonyl (C=O) groups excluding carboxylic acids is 2. The number of hydrogen-bond donors (Lipinski definition) is 2. The third kappa shape index (κ3) is 6.06. The predicted molar refractivity (Wildman–Crippen MR) is 199 cm³/mol. The molecular formula is C39H42BrN3O7Si. The number of aromatic nitrogens is 1. The van der Waals surface area contributed by atoms with Crippen molar-refractivity contribution in [2.75, 3.05) is 18.6 Å². The van der Waals surface area contributed by atoms with Gasteiger partial charge in [0.1, 0.15) is 0 Å². The lowest BCUT2D eigenvalue weighted by Gasteiger charge is -2.37. The zero-order valence-electron chi connectivity index (χ0n) is 29.1. The number of pyridine rings is 1. The monoisotopic (exact) mass is 771 g/mol. The molecule has 0 radical (unpaired) electrons. The first-order chi connectivity index (χ1) is 24.4. The van der Waals surface area contributed by atoms with E-state index in [1.54, 1.807) is 28.1 Å². The summed E-state index contributed by atoms with van der Waals surface area (Å²) < 4.78 is 14.4. The molecule has 1 aromatic heterocycles. The van der Waals surface area contributed by atoms with E-state index in [-0.39, 0.29) is 48.7 Å². The van der Waals surface area contributed by atoms with Crippen LogP contribution < -0.4 is 15.2 Å². The van der Waals surface area contributed by atoms with Crippen molar-refractivity contribution in [3.63, 3.8) is 0 Å². The van der Waals surface area contributed by atoms with Crippen LogP contribution in [-0.4, -0.2) is 65.4 Å². The molecule has 1 fully saturated rings. The zero-order valence-corrected chi connectivity index (χ0v) is 31.7. The average molecular weight is 773 g/mol. The third-order valence-corrected chi connectivity index (χ3v) is 13.9. The highest BCUT2D eigenvalue weighted by Gasteiger charge is 2.66. The van der Waals surface area contributed by atoms with Crippen LogP contribution in [0.3, 0.4) is 0 Å². The van der Waals surface area contributed by atoms with Gasteiger partial charge in [-0.3, -0.25) is 19.0 Å². The van der Waals surface area contributed by atoms with Crippen molar-refractivity contribution in [3.05, 3.63) is 122 Å². The van der Waals surface area contributed by atoms with Crippen LogP contribution in [0.1, 0.15) is 35.6 Å². The first-order valence-electron chi connectivity index (χ1n) is 17.2. The Morgan fingerprint density at radius 3 is 2.45 bits per heavy atom. The molecule has 5 atom stereocenters. The summed E-state index contributed by atoms with van der Waals surface area (Å²) in [5.74, 6) is -0.613. The molecule has 3 aliphatic heterocycles. The van der Waals surface area contributed by atoms with Gasteiger partial charge in [-0.1, -0.05) is 59.3 Å². The molecular weight excluding hydrogens is 730 g/mol. The highest BCUT2D eigenvalue weighted by molar-refractivity contribution is 9.10. The largest absolute Gasteiger partial charge is 0.491 e. The average Bonchev–Trinajstić information content (AvgIpc) is 3.53. The maximum atomic E-state index is 14.9. The van der Waals surface area contributed by atoms with Gasteiger partial charge in [-0.2, -0.15) is 0 Å². The van der Waals surface area contributed by atoms with Gasteiger partial charge in [-0.15, -0.1) is 0 Å². The van der Waals surface area contributed by atoms with Crippen LogP contribution in [0.15, 0.2) is 94.3 Å². The number of benzene rings is 3. The van der Waals surface area contributed by atoms with E-state index in [9.17, 15) is 24.3 Å². The van der Waals surface area contributed by atoms with Crippen LogP contribution >= 0.6 is 15.9 Å². The molecule has 2 N–H and O–H groups in total. The quantitative estimate of drug-likeness (QED) is 0.234. The number of amides is 2. The van der Waals surface area contributed by atoms with E-state index in [1.807, 2.05) is 86.7 Å². The molecule has 10 nitrogen and oxygen atoms in total. The number of aliphatic hydroxyl groups is 1. The lowest BCUT2D eigenvalue weighted by atomic mass is 9.82. The van der Waals surface area contributed by atoms with E-state index in [0.717, 1.165) is 21.2 Å². The van der Waals surface area contributed by atoms with E-state index in [4.69, 9.17) is 9.47 Å². The Kier molecular flexibility index (Phi) is 9.34. The molecule has 7 rings (SSSR count). The van der Waals surface area contributed by atoms with Gasteiger partial charge >= 0.3 is 0 Å². The minimum atomic E-state index is -3.02. The number of aliphatic hydroxyl groups excluding tert-OH is 1. The summed E-state index contributed by atoms with van der Waals surface area (Å²) in [5.41, 5.74) is 2.97. The lowest BCUT2D eigenvalue weighted by Crippen LogP contribution is -2.48. The van der Waals surface area contributed by atoms with Gasteiger partial charge in [0.05, 0.1) is 44.5 Å². The minimum absolute atomic E-state index is 0.0197. The van der Waals surface area contributed by atoms with Gasteiger partial charge in [0, 0.05) is 39.9 Å². The lowest BCUT2D eigenvalue weighted by molar-refractivity contribution is -0.151. The fourth-order valence-electron chi connectivity index (χ4n) is 8.52. The summed E-state index contributed by atoms with van der Waals surface area (Å²) in [7, 11) is -1.56. The van der Waals surface area contributed by atoms with E-state index in [2.05, 4.69) is 15.9 Å². The predicted octanol–water partition coefficient (Wildman–Crippen LogP) is 5.29. The molecule has 3 aliphatic rings. The van der Waals surface area contributed by atoms with Crippen molar-refractivity contribution < 1.29 is 29.0 Å². The van der Waals surface area contributed by atoms with Crippen molar-refractivity contribution in [1.82, 2.24) is 9.47 Å². The third-order valence-electron chi connectivity index (χ3n) is 10.9. The molecule has 2 amide bonds. The smallest absolute Gasteiger partial charge is 0.297 e. The standard InChI is InChI=1S/C39H42BrN3O7Si/c1-24-36(51(3,4)48)34(20-35(45)42-22-27-9-6-5-8-26(27)18-30(42)23-44)50-39(24)31-19-28(40)13-16-32(31)43(38(39)47)21-25-11-14-29(15-12-25)41-17-7-10-33(49-2)37(41)46/h5-17,19,24,30,34,36,44,48H,18,20-23H2,1-4H3/t24-,30+,34+,36-,39+/m1/s1. The number of anilines is 1. The molecule has 3 aromatic carbocycles. The van der Waals surface area contributed by atoms with Crippen molar-refractivity contribution in [2.24, 2.45) is 5.92 Å². The van der Waals surface area contributed by atoms with Crippen LogP contribution in [0.2, 0.25) is 18.6 Å². The Bertz CT molecular complexity index is 2050. The second kappa shape index (κ2) is 13.5. The van der Waals surface area contributed by atoms with Crippen molar-refractivity contribution in [1.29, 1.82) is 0 Å². The Morgan fingerprint density at radius 2 is 1.76 bits per heavy atom. The fraction of sp³-hybridized carbons (Fsp3) is 0.359. The minimum Gasteiger partial charge on any atom is -0.491 e. The Morgan fingerprint density at radius 1 is 1.04 bits per heavy atom. The summed E-state index contributed by atoms with van der Waals surface area (Å²) in [4.78, 5) is 57.0. The van der Waals surface area contributed by atoms with E-state index < -0.39 is 31.5 Å². The van der Waals surface area contributed by atoms with Gasteiger partial charge in [0.25, 0.3) is 11.5 Å². The molecule has 51 heavy (non-hydrogen) atoms. The molecule has 0 unspecified atom stereocenters. The normalized spacial score (nSPS) is 24.2. The highest BCUT2D eigenvalue weighted by atomic mass is 79.9. The zero-order chi connectivity index (χ0) is 36.2. The van der Waals surface area contributed by atoms with Gasteiger partial charge in [0.15, 0.2) is 19.7 Å². The summed E-state index contributed by atoms with van der Waals surface area (Å²) in [6.07, 6.45) is 1.50. The second-order valence-electron chi connectivity index (χ2n) is 14.4. The topological polar surface area (TPSA) is 122 Å². The number of carbonyl (C=O) groups is 2. The molecule has 0 aliphatic carbocycles. The first kappa shape index (κ1) is 35.3. The molecule has 12 heteroatoms. The number of methoxy groups -OCH3 is 1. The van der Waals surface area contributed by atoms with Gasteiger partial charge in [-0.25, -0.2) is 0 Å². The number of nitrogens with zero attached hydrogens (tertiary/aromatic N) is 3. The van der Waals surface area contributed by atoms with Crippen molar-refractivity contribution in [2.45, 2.75) is 69.2 Å². The van der Waals surface area contributed by atoms with E-state index in [0.29, 0.717) is 29.9 Å². The molecule has 266 valence electrons. The van der Waals surface area contributed by atoms with Crippen molar-refractivity contribution in [3.8, 4) is 11.4 Å². The number of hydrogen-bond acceptors (Lipinski definition) is 7. The summed E-state index contributed by atoms with van der Waals surface area (Å²) in [6.45, 7) is 6.11. The fourth-order valence-corrected chi connectivity index (χ4v) is 11.4. The highest BCUT2D eigenvalue weighted by Crippen LogP contribution is 2.60. The molecule has 4 heterocycles. The van der Waals surface area contributed by atoms with Crippen LogP contribution in [0.25, 0.3) is 5.69 Å². The van der Waals surface area contributed by atoms with Gasteiger partial charge in [0.2, 0.25) is 5.91 Å². The number of rotatable bonds is 8. The first-order valence-corrected chi connectivity index (χ1v) is 21.0. The number of fused-ring (bicyclic) bond motifs is 3. The maximum absolute atomic E-state index is 14.9. The van der Waals surface area contributed by atoms with Crippen LogP contribution in [0, 0.1) is 5.92 Å². The second-order valence-corrected chi connectivity index (χ2v) is 19.3. The van der Waals surface area contributed by atoms with Crippen LogP contribution in [0.5, 0.6) is 5.75 Å². The molecule has 1 spiro atoms. The number of ether oxygens (including phenoxy) is 2.